The van der Waals surface area contributed by atoms with Crippen molar-refractivity contribution in [3.63, 3.8) is 0 Å². The van der Waals surface area contributed by atoms with Gasteiger partial charge in [-0.1, -0.05) is 33.1 Å². The largest absolute Gasteiger partial charge is 0.480 e. The molecular weight excluding hydrogens is 202 g/mol. The van der Waals surface area contributed by atoms with E-state index in [1.807, 2.05) is 14.0 Å². The predicted octanol–water partition coefficient (Wildman–Crippen LogP) is 2.75. The van der Waals surface area contributed by atoms with Crippen molar-refractivity contribution in [2.75, 3.05) is 7.05 Å². The predicted molar refractivity (Wildman–Crippen MR) is 65.5 cm³/mol. The normalized spacial score (nSPS) is 28.0. The van der Waals surface area contributed by atoms with Gasteiger partial charge in [0.1, 0.15) is 6.04 Å². The average Bonchev–Trinajstić information content (AvgIpc) is 2.29. The first-order valence-electron chi connectivity index (χ1n) is 6.54. The smallest absolute Gasteiger partial charge is 0.320 e. The number of likely N-dealkylation sites (N-methyl/N-ethyl adjacent to an activating group) is 1. The molecule has 1 fully saturated rings. The molecule has 94 valence electrons. The summed E-state index contributed by atoms with van der Waals surface area (Å²) in [5, 5.41) is 9.16. The van der Waals surface area contributed by atoms with Gasteiger partial charge in [0.25, 0.3) is 0 Å². The van der Waals surface area contributed by atoms with Crippen LogP contribution >= 0.6 is 0 Å². The van der Waals surface area contributed by atoms with Gasteiger partial charge >= 0.3 is 5.97 Å². The lowest BCUT2D eigenvalue weighted by molar-refractivity contribution is -0.144. The fourth-order valence-corrected chi connectivity index (χ4v) is 2.89. The SMILES string of the molecule is CCC1CCCC(N(C)C(CC)C(=O)O)C1. The van der Waals surface area contributed by atoms with Crippen LogP contribution in [0.2, 0.25) is 0 Å². The van der Waals surface area contributed by atoms with Gasteiger partial charge in [0.15, 0.2) is 0 Å². The summed E-state index contributed by atoms with van der Waals surface area (Å²) >= 11 is 0. The third-order valence-corrected chi connectivity index (χ3v) is 4.07. The molecular formula is C13H25NO2. The Labute approximate surface area is 98.8 Å². The molecule has 0 heterocycles. The number of carbonyl (C=O) groups is 1. The minimum absolute atomic E-state index is 0.305. The Hall–Kier alpha value is -0.570. The number of nitrogens with zero attached hydrogens (tertiary/aromatic N) is 1. The van der Waals surface area contributed by atoms with Gasteiger partial charge in [-0.2, -0.15) is 0 Å². The molecule has 0 aliphatic heterocycles. The van der Waals surface area contributed by atoms with E-state index in [1.165, 1.54) is 25.7 Å². The van der Waals surface area contributed by atoms with Gasteiger partial charge in [-0.25, -0.2) is 0 Å². The first-order chi connectivity index (χ1) is 7.60. The van der Waals surface area contributed by atoms with E-state index in [0.717, 1.165) is 12.3 Å². The van der Waals surface area contributed by atoms with Crippen LogP contribution < -0.4 is 0 Å². The van der Waals surface area contributed by atoms with Crippen molar-refractivity contribution in [3.8, 4) is 0 Å². The highest BCUT2D eigenvalue weighted by Gasteiger charge is 2.30. The van der Waals surface area contributed by atoms with Crippen LogP contribution in [0.25, 0.3) is 0 Å². The fraction of sp³-hybridized carbons (Fsp3) is 0.923. The second-order valence-electron chi connectivity index (χ2n) is 5.02. The lowest BCUT2D eigenvalue weighted by Crippen LogP contribution is -2.46. The third-order valence-electron chi connectivity index (χ3n) is 4.07. The van der Waals surface area contributed by atoms with Crippen LogP contribution in [0, 0.1) is 5.92 Å². The van der Waals surface area contributed by atoms with E-state index in [0.29, 0.717) is 12.5 Å². The van der Waals surface area contributed by atoms with Gasteiger partial charge in [0.05, 0.1) is 0 Å². The third kappa shape index (κ3) is 3.21. The first kappa shape index (κ1) is 13.5. The second-order valence-corrected chi connectivity index (χ2v) is 5.02. The van der Waals surface area contributed by atoms with E-state index in [-0.39, 0.29) is 6.04 Å². The van der Waals surface area contributed by atoms with Gasteiger partial charge in [0.2, 0.25) is 0 Å². The van der Waals surface area contributed by atoms with E-state index < -0.39 is 5.97 Å². The number of rotatable bonds is 5. The first-order valence-corrected chi connectivity index (χ1v) is 6.54. The molecule has 1 saturated carbocycles. The summed E-state index contributed by atoms with van der Waals surface area (Å²) in [5.41, 5.74) is 0. The molecule has 0 aromatic heterocycles. The van der Waals surface area contributed by atoms with Crippen molar-refractivity contribution in [2.45, 2.75) is 64.5 Å². The molecule has 0 aromatic carbocycles. The molecule has 3 nitrogen and oxygen atoms in total. The summed E-state index contributed by atoms with van der Waals surface area (Å²) in [6.45, 7) is 4.19. The quantitative estimate of drug-likeness (QED) is 0.785. The van der Waals surface area contributed by atoms with Crippen LogP contribution in [-0.2, 0) is 4.79 Å². The molecule has 0 spiro atoms. The molecule has 1 N–H and O–H groups in total. The number of hydrogen-bond acceptors (Lipinski definition) is 2. The number of hydrogen-bond donors (Lipinski definition) is 1. The molecule has 0 bridgehead atoms. The molecule has 1 aliphatic rings. The molecule has 16 heavy (non-hydrogen) atoms. The van der Waals surface area contributed by atoms with Crippen LogP contribution in [0.4, 0.5) is 0 Å². The molecule has 0 aromatic rings. The minimum Gasteiger partial charge on any atom is -0.480 e. The van der Waals surface area contributed by atoms with E-state index >= 15 is 0 Å². The van der Waals surface area contributed by atoms with Crippen molar-refractivity contribution in [2.24, 2.45) is 5.92 Å². The van der Waals surface area contributed by atoms with Crippen LogP contribution in [-0.4, -0.2) is 35.1 Å². The lowest BCUT2D eigenvalue weighted by Gasteiger charge is -2.37. The van der Waals surface area contributed by atoms with E-state index in [4.69, 9.17) is 5.11 Å². The summed E-state index contributed by atoms with van der Waals surface area (Å²) in [6.07, 6.45) is 6.84. The van der Waals surface area contributed by atoms with Crippen molar-refractivity contribution in [1.29, 1.82) is 0 Å². The summed E-state index contributed by atoms with van der Waals surface area (Å²) in [6, 6.07) is 0.167. The van der Waals surface area contributed by atoms with Gasteiger partial charge in [-0.15, -0.1) is 0 Å². The van der Waals surface area contributed by atoms with Gasteiger partial charge in [0, 0.05) is 6.04 Å². The summed E-state index contributed by atoms with van der Waals surface area (Å²) in [5.74, 6) is 0.121. The Kier molecular flexibility index (Phi) is 5.26. The molecule has 0 saturated heterocycles. The summed E-state index contributed by atoms with van der Waals surface area (Å²) in [7, 11) is 1.98. The van der Waals surface area contributed by atoms with E-state index in [2.05, 4.69) is 11.8 Å². The maximum Gasteiger partial charge on any atom is 0.320 e. The number of aliphatic carboxylic acids is 1. The standard InChI is InChI=1S/C13H25NO2/c1-4-10-7-6-8-11(9-10)14(3)12(5-2)13(15)16/h10-12H,4-9H2,1-3H3,(H,15,16). The van der Waals surface area contributed by atoms with E-state index in [9.17, 15) is 4.79 Å². The Balaban J connectivity index is 2.57. The highest BCUT2D eigenvalue weighted by molar-refractivity contribution is 5.73. The zero-order valence-electron chi connectivity index (χ0n) is 10.8. The molecule has 3 heteroatoms. The maximum atomic E-state index is 11.1. The van der Waals surface area contributed by atoms with Crippen LogP contribution in [0.15, 0.2) is 0 Å². The Morgan fingerprint density at radius 1 is 1.44 bits per heavy atom. The highest BCUT2D eigenvalue weighted by atomic mass is 16.4. The number of carboxylic acids is 1. The van der Waals surface area contributed by atoms with Crippen molar-refractivity contribution in [1.82, 2.24) is 4.90 Å². The van der Waals surface area contributed by atoms with Crippen molar-refractivity contribution >= 4 is 5.97 Å². The monoisotopic (exact) mass is 227 g/mol. The lowest BCUT2D eigenvalue weighted by atomic mass is 9.83. The Morgan fingerprint density at radius 2 is 2.12 bits per heavy atom. The zero-order valence-corrected chi connectivity index (χ0v) is 10.8. The molecule has 3 unspecified atom stereocenters. The van der Waals surface area contributed by atoms with E-state index in [1.54, 1.807) is 0 Å². The van der Waals surface area contributed by atoms with Crippen LogP contribution in [0.3, 0.4) is 0 Å². The summed E-state index contributed by atoms with van der Waals surface area (Å²) < 4.78 is 0. The topological polar surface area (TPSA) is 40.5 Å². The van der Waals surface area contributed by atoms with Gasteiger partial charge < -0.3 is 5.11 Å². The van der Waals surface area contributed by atoms with Gasteiger partial charge in [-0.3, -0.25) is 9.69 Å². The molecule has 0 radical (unpaired) electrons. The van der Waals surface area contributed by atoms with Crippen LogP contribution in [0.1, 0.15) is 52.4 Å². The molecule has 0 amide bonds. The molecule has 1 rings (SSSR count). The Bertz CT molecular complexity index is 230. The Morgan fingerprint density at radius 3 is 2.62 bits per heavy atom. The highest BCUT2D eigenvalue weighted by Crippen LogP contribution is 2.30. The van der Waals surface area contributed by atoms with Crippen LogP contribution in [0.5, 0.6) is 0 Å². The fourth-order valence-electron chi connectivity index (χ4n) is 2.89. The molecule has 3 atom stereocenters. The maximum absolute atomic E-state index is 11.1. The van der Waals surface area contributed by atoms with Crippen molar-refractivity contribution < 1.29 is 9.90 Å². The zero-order chi connectivity index (χ0) is 12.1. The second kappa shape index (κ2) is 6.24. The average molecular weight is 227 g/mol. The summed E-state index contributed by atoms with van der Waals surface area (Å²) in [4.78, 5) is 13.2. The molecule has 1 aliphatic carbocycles. The van der Waals surface area contributed by atoms with Gasteiger partial charge in [-0.05, 0) is 32.2 Å². The number of carboxylic acid groups (broad SMARTS) is 1. The van der Waals surface area contributed by atoms with Crippen molar-refractivity contribution in [3.05, 3.63) is 0 Å². The minimum atomic E-state index is -0.677.